The van der Waals surface area contributed by atoms with E-state index in [9.17, 15) is 14.7 Å². The molecule has 3 heteroatoms. The molecule has 3 aliphatic rings. The van der Waals surface area contributed by atoms with E-state index in [1.807, 2.05) is 0 Å². The molecule has 2 bridgehead atoms. The summed E-state index contributed by atoms with van der Waals surface area (Å²) in [5.41, 5.74) is 1.25. The van der Waals surface area contributed by atoms with Gasteiger partial charge in [0.1, 0.15) is 5.76 Å². The van der Waals surface area contributed by atoms with E-state index in [0.717, 1.165) is 19.3 Å². The van der Waals surface area contributed by atoms with E-state index in [-0.39, 0.29) is 11.7 Å². The van der Waals surface area contributed by atoms with E-state index >= 15 is 0 Å². The van der Waals surface area contributed by atoms with Gasteiger partial charge in [-0.25, -0.2) is 0 Å². The van der Waals surface area contributed by atoms with Gasteiger partial charge in [0.2, 0.25) is 11.6 Å². The van der Waals surface area contributed by atoms with Gasteiger partial charge in [0, 0.05) is 16.7 Å². The molecule has 1 aromatic carbocycles. The number of carbonyl (C=O) groups is 2. The standard InChI is InChI=1S/C17H16O3/c18-15-11-3-1-2-4-12(11)16(19)17(20)14(15)13-8-9-5-6-10(13)7-9/h1-4,9-10,13,18H,5-8H2/t9-,10-,13+/m0/s1. The molecule has 3 nitrogen and oxygen atoms in total. The number of ketones is 2. The zero-order valence-corrected chi connectivity index (χ0v) is 11.1. The topological polar surface area (TPSA) is 54.4 Å². The third-order valence-corrected chi connectivity index (χ3v) is 5.24. The lowest BCUT2D eigenvalue weighted by atomic mass is 9.76. The minimum atomic E-state index is -0.487. The van der Waals surface area contributed by atoms with Crippen molar-refractivity contribution in [1.82, 2.24) is 0 Å². The highest BCUT2D eigenvalue weighted by Crippen LogP contribution is 2.52. The summed E-state index contributed by atoms with van der Waals surface area (Å²) in [5.74, 6) is 0.320. The number of aliphatic hydroxyl groups is 1. The van der Waals surface area contributed by atoms with Crippen molar-refractivity contribution < 1.29 is 14.7 Å². The van der Waals surface area contributed by atoms with Crippen LogP contribution in [0.5, 0.6) is 0 Å². The average molecular weight is 268 g/mol. The van der Waals surface area contributed by atoms with Gasteiger partial charge in [-0.1, -0.05) is 30.7 Å². The first-order valence-electron chi connectivity index (χ1n) is 7.28. The molecule has 1 N–H and O–H groups in total. The highest BCUT2D eigenvalue weighted by molar-refractivity contribution is 6.52. The highest BCUT2D eigenvalue weighted by Gasteiger charge is 2.46. The molecule has 0 heterocycles. The number of benzene rings is 1. The number of fused-ring (bicyclic) bond motifs is 3. The Kier molecular flexibility index (Phi) is 2.40. The lowest BCUT2D eigenvalue weighted by Gasteiger charge is -2.27. The normalized spacial score (nSPS) is 31.9. The third-order valence-electron chi connectivity index (χ3n) is 5.24. The molecule has 4 rings (SSSR count). The maximum Gasteiger partial charge on any atom is 0.234 e. The van der Waals surface area contributed by atoms with Crippen LogP contribution in [0.1, 0.15) is 41.6 Å². The van der Waals surface area contributed by atoms with Gasteiger partial charge in [-0.3, -0.25) is 9.59 Å². The van der Waals surface area contributed by atoms with E-state index < -0.39 is 11.6 Å². The summed E-state index contributed by atoms with van der Waals surface area (Å²) in [6.07, 6.45) is 4.44. The number of hydrogen-bond acceptors (Lipinski definition) is 3. The van der Waals surface area contributed by atoms with Crippen molar-refractivity contribution in [3.05, 3.63) is 41.0 Å². The average Bonchev–Trinajstić information content (AvgIpc) is 3.08. The number of aliphatic hydroxyl groups excluding tert-OH is 1. The van der Waals surface area contributed by atoms with Crippen LogP contribution in [0, 0.1) is 17.8 Å². The van der Waals surface area contributed by atoms with Crippen molar-refractivity contribution in [2.75, 3.05) is 0 Å². The summed E-state index contributed by atoms with van der Waals surface area (Å²) in [5, 5.41) is 10.5. The van der Waals surface area contributed by atoms with Gasteiger partial charge in [0.15, 0.2) is 0 Å². The third kappa shape index (κ3) is 1.46. The SMILES string of the molecule is O=C1C(=O)c2ccccc2C(O)=C1[C@@H]1C[C@H]2CC[C@H]1C2. The quantitative estimate of drug-likeness (QED) is 0.796. The Labute approximate surface area is 117 Å². The summed E-state index contributed by atoms with van der Waals surface area (Å²) in [4.78, 5) is 24.6. The van der Waals surface area contributed by atoms with Crippen LogP contribution in [0.25, 0.3) is 5.76 Å². The van der Waals surface area contributed by atoms with Gasteiger partial charge in [-0.05, 0) is 37.0 Å². The number of allylic oxidation sites excluding steroid dienone is 1. The first-order valence-corrected chi connectivity index (χ1v) is 7.28. The van der Waals surface area contributed by atoms with Crippen LogP contribution in [-0.4, -0.2) is 16.7 Å². The van der Waals surface area contributed by atoms with Crippen molar-refractivity contribution >= 4 is 17.3 Å². The largest absolute Gasteiger partial charge is 0.507 e. The van der Waals surface area contributed by atoms with Crippen LogP contribution in [-0.2, 0) is 4.79 Å². The number of hydrogen-bond donors (Lipinski definition) is 1. The monoisotopic (exact) mass is 268 g/mol. The molecule has 102 valence electrons. The fraction of sp³-hybridized carbons (Fsp3) is 0.412. The van der Waals surface area contributed by atoms with Crippen molar-refractivity contribution in [3.63, 3.8) is 0 Å². The van der Waals surface area contributed by atoms with Crippen molar-refractivity contribution in [1.29, 1.82) is 0 Å². The molecule has 0 aromatic heterocycles. The Morgan fingerprint density at radius 3 is 2.35 bits per heavy atom. The smallest absolute Gasteiger partial charge is 0.234 e. The predicted molar refractivity (Wildman–Crippen MR) is 74.3 cm³/mol. The molecule has 0 spiro atoms. The van der Waals surface area contributed by atoms with Crippen LogP contribution >= 0.6 is 0 Å². The van der Waals surface area contributed by atoms with Crippen molar-refractivity contribution in [2.45, 2.75) is 25.7 Å². The number of Topliss-reactive ketones (excluding diaryl/α,β-unsaturated/α-hetero) is 2. The number of rotatable bonds is 1. The molecular weight excluding hydrogens is 252 g/mol. The summed E-state index contributed by atoms with van der Waals surface area (Å²) in [6.45, 7) is 0. The Hall–Kier alpha value is -1.90. The second-order valence-corrected chi connectivity index (χ2v) is 6.25. The fourth-order valence-electron chi connectivity index (χ4n) is 4.33. The van der Waals surface area contributed by atoms with Crippen LogP contribution < -0.4 is 0 Å². The van der Waals surface area contributed by atoms with Gasteiger partial charge < -0.3 is 5.11 Å². The van der Waals surface area contributed by atoms with Gasteiger partial charge >= 0.3 is 0 Å². The Morgan fingerprint density at radius 1 is 0.950 bits per heavy atom. The summed E-state index contributed by atoms with van der Waals surface area (Å²) in [6, 6.07) is 6.85. The van der Waals surface area contributed by atoms with Gasteiger partial charge in [0.05, 0.1) is 0 Å². The lowest BCUT2D eigenvalue weighted by Crippen LogP contribution is -2.30. The second kappa shape index (κ2) is 4.05. The molecule has 0 amide bonds. The Balaban J connectivity index is 1.86. The van der Waals surface area contributed by atoms with Gasteiger partial charge in [-0.15, -0.1) is 0 Å². The van der Waals surface area contributed by atoms with Crippen molar-refractivity contribution in [3.8, 4) is 0 Å². The molecule has 3 aliphatic carbocycles. The highest BCUT2D eigenvalue weighted by atomic mass is 16.3. The second-order valence-electron chi connectivity index (χ2n) is 6.25. The Bertz CT molecular complexity index is 656. The van der Waals surface area contributed by atoms with E-state index in [1.54, 1.807) is 24.3 Å². The fourth-order valence-corrected chi connectivity index (χ4v) is 4.33. The van der Waals surface area contributed by atoms with Crippen LogP contribution in [0.3, 0.4) is 0 Å². The molecule has 20 heavy (non-hydrogen) atoms. The minimum absolute atomic E-state index is 0.0442. The van der Waals surface area contributed by atoms with E-state index in [2.05, 4.69) is 0 Å². The molecule has 2 saturated carbocycles. The molecule has 0 aliphatic heterocycles. The van der Waals surface area contributed by atoms with Crippen molar-refractivity contribution in [2.24, 2.45) is 17.8 Å². The molecule has 1 aromatic rings. The predicted octanol–water partition coefficient (Wildman–Crippen LogP) is 3.16. The number of carbonyl (C=O) groups excluding carboxylic acids is 2. The van der Waals surface area contributed by atoms with Gasteiger partial charge in [0.25, 0.3) is 0 Å². The summed E-state index contributed by atoms with van der Waals surface area (Å²) < 4.78 is 0. The minimum Gasteiger partial charge on any atom is -0.507 e. The maximum atomic E-state index is 12.4. The molecule has 2 fully saturated rings. The van der Waals surface area contributed by atoms with Crippen LogP contribution in [0.4, 0.5) is 0 Å². The molecule has 0 radical (unpaired) electrons. The lowest BCUT2D eigenvalue weighted by molar-refractivity contribution is -0.112. The van der Waals surface area contributed by atoms with E-state index in [4.69, 9.17) is 0 Å². The van der Waals surface area contributed by atoms with E-state index in [1.165, 1.54) is 6.42 Å². The Morgan fingerprint density at radius 2 is 1.70 bits per heavy atom. The first-order chi connectivity index (χ1) is 9.66. The van der Waals surface area contributed by atoms with Crippen LogP contribution in [0.15, 0.2) is 29.8 Å². The summed E-state index contributed by atoms with van der Waals surface area (Å²) >= 11 is 0. The molecule has 3 atom stereocenters. The zero-order valence-electron chi connectivity index (χ0n) is 11.1. The first kappa shape index (κ1) is 11.9. The van der Waals surface area contributed by atoms with Gasteiger partial charge in [-0.2, -0.15) is 0 Å². The van der Waals surface area contributed by atoms with Crippen LogP contribution in [0.2, 0.25) is 0 Å². The maximum absolute atomic E-state index is 12.4. The molecule has 0 unspecified atom stereocenters. The van der Waals surface area contributed by atoms with E-state index in [0.29, 0.717) is 28.5 Å². The molecular formula is C17H16O3. The zero-order chi connectivity index (χ0) is 13.9. The summed E-state index contributed by atoms with van der Waals surface area (Å²) in [7, 11) is 0. The molecule has 0 saturated heterocycles.